The van der Waals surface area contributed by atoms with Crippen LogP contribution in [0.1, 0.15) is 55.5 Å². The number of nitrogens with zero attached hydrogens (tertiary/aromatic N) is 2. The van der Waals surface area contributed by atoms with Gasteiger partial charge in [0.25, 0.3) is 5.91 Å². The zero-order valence-electron chi connectivity index (χ0n) is 13.7. The zero-order valence-corrected chi connectivity index (χ0v) is 13.7. The van der Waals surface area contributed by atoms with Crippen LogP contribution < -0.4 is 0 Å². The van der Waals surface area contributed by atoms with Crippen molar-refractivity contribution in [2.45, 2.75) is 51.6 Å². The molecule has 0 spiro atoms. The van der Waals surface area contributed by atoms with Crippen LogP contribution in [0.4, 0.5) is 0 Å². The summed E-state index contributed by atoms with van der Waals surface area (Å²) in [5.74, 6) is -0.185. The van der Waals surface area contributed by atoms with Crippen LogP contribution in [0.2, 0.25) is 0 Å². The average molecular weight is 314 g/mol. The van der Waals surface area contributed by atoms with Gasteiger partial charge < -0.3 is 4.90 Å². The molecule has 0 unspecified atom stereocenters. The molecule has 0 N–H and O–H groups in total. The van der Waals surface area contributed by atoms with Crippen molar-refractivity contribution in [2.75, 3.05) is 6.54 Å². The second-order valence-electron chi connectivity index (χ2n) is 6.94. The summed E-state index contributed by atoms with van der Waals surface area (Å²) < 4.78 is 0. The number of rotatable bonds is 3. The SMILES string of the molecule is CC1(C)CCCN1C(=O)c1ccc(CN2C(=O)CCC2=O)cc1. The third-order valence-electron chi connectivity index (χ3n) is 4.84. The first kappa shape index (κ1) is 15.7. The summed E-state index contributed by atoms with van der Waals surface area (Å²) in [7, 11) is 0. The summed E-state index contributed by atoms with van der Waals surface area (Å²) in [6.07, 6.45) is 2.67. The number of benzene rings is 1. The van der Waals surface area contributed by atoms with Crippen molar-refractivity contribution in [2.24, 2.45) is 0 Å². The third-order valence-corrected chi connectivity index (χ3v) is 4.84. The Bertz CT molecular complexity index is 633. The van der Waals surface area contributed by atoms with Crippen LogP contribution in [-0.2, 0) is 16.1 Å². The average Bonchev–Trinajstić information content (AvgIpc) is 3.03. The van der Waals surface area contributed by atoms with Crippen LogP contribution in [0.5, 0.6) is 0 Å². The van der Waals surface area contributed by atoms with Crippen LogP contribution in [0.15, 0.2) is 24.3 Å². The molecule has 5 nitrogen and oxygen atoms in total. The summed E-state index contributed by atoms with van der Waals surface area (Å²) in [5.41, 5.74) is 1.43. The highest BCUT2D eigenvalue weighted by Gasteiger charge is 2.35. The van der Waals surface area contributed by atoms with Crippen LogP contribution in [0.25, 0.3) is 0 Å². The normalized spacial score (nSPS) is 20.4. The Labute approximate surface area is 136 Å². The van der Waals surface area contributed by atoms with Gasteiger partial charge in [-0.1, -0.05) is 12.1 Å². The van der Waals surface area contributed by atoms with Crippen molar-refractivity contribution in [1.82, 2.24) is 9.80 Å². The van der Waals surface area contributed by atoms with E-state index in [1.165, 1.54) is 4.90 Å². The van der Waals surface area contributed by atoms with Gasteiger partial charge in [-0.3, -0.25) is 19.3 Å². The molecule has 0 bridgehead atoms. The molecule has 3 amide bonds. The minimum absolute atomic E-state index is 0.0485. The minimum atomic E-state index is -0.117. The Kier molecular flexibility index (Phi) is 3.96. The molecule has 122 valence electrons. The Morgan fingerprint density at radius 2 is 1.70 bits per heavy atom. The highest BCUT2D eigenvalue weighted by atomic mass is 16.2. The number of carbonyl (C=O) groups excluding carboxylic acids is 3. The molecular weight excluding hydrogens is 292 g/mol. The van der Waals surface area contributed by atoms with Gasteiger partial charge in [-0.05, 0) is 44.4 Å². The maximum atomic E-state index is 12.6. The second kappa shape index (κ2) is 5.80. The number of imide groups is 1. The molecule has 2 saturated heterocycles. The minimum Gasteiger partial charge on any atom is -0.334 e. The fourth-order valence-corrected chi connectivity index (χ4v) is 3.37. The molecule has 3 rings (SSSR count). The van der Waals surface area contributed by atoms with Gasteiger partial charge in [0, 0.05) is 30.5 Å². The van der Waals surface area contributed by atoms with E-state index >= 15 is 0 Å². The zero-order chi connectivity index (χ0) is 16.6. The standard InChI is InChI=1S/C18H22N2O3/c1-18(2)10-3-11-20(18)17(23)14-6-4-13(5-7-14)12-19-15(21)8-9-16(19)22/h4-7H,3,8-12H2,1-2H3. The second-order valence-corrected chi connectivity index (χ2v) is 6.94. The predicted octanol–water partition coefficient (Wildman–Crippen LogP) is 2.35. The lowest BCUT2D eigenvalue weighted by atomic mass is 10.0. The fourth-order valence-electron chi connectivity index (χ4n) is 3.37. The van der Waals surface area contributed by atoms with E-state index in [9.17, 15) is 14.4 Å². The van der Waals surface area contributed by atoms with E-state index < -0.39 is 0 Å². The maximum Gasteiger partial charge on any atom is 0.254 e. The number of amides is 3. The summed E-state index contributed by atoms with van der Waals surface area (Å²) in [6.45, 7) is 5.28. The van der Waals surface area contributed by atoms with Gasteiger partial charge in [0.1, 0.15) is 0 Å². The van der Waals surface area contributed by atoms with Crippen molar-refractivity contribution in [3.8, 4) is 0 Å². The van der Waals surface area contributed by atoms with E-state index in [1.54, 1.807) is 12.1 Å². The smallest absolute Gasteiger partial charge is 0.254 e. The molecule has 0 saturated carbocycles. The van der Waals surface area contributed by atoms with E-state index in [0.29, 0.717) is 24.9 Å². The van der Waals surface area contributed by atoms with Crippen molar-refractivity contribution >= 4 is 17.7 Å². The van der Waals surface area contributed by atoms with Crippen molar-refractivity contribution in [3.05, 3.63) is 35.4 Å². The summed E-state index contributed by atoms with van der Waals surface area (Å²) in [4.78, 5) is 39.2. The molecule has 1 aromatic rings. The molecule has 0 aliphatic carbocycles. The van der Waals surface area contributed by atoms with Gasteiger partial charge >= 0.3 is 0 Å². The van der Waals surface area contributed by atoms with Gasteiger partial charge in [-0.15, -0.1) is 0 Å². The van der Waals surface area contributed by atoms with Crippen LogP contribution in [0.3, 0.4) is 0 Å². The number of carbonyl (C=O) groups is 3. The van der Waals surface area contributed by atoms with Gasteiger partial charge in [-0.25, -0.2) is 0 Å². The quantitative estimate of drug-likeness (QED) is 0.805. The van der Waals surface area contributed by atoms with Crippen LogP contribution in [0, 0.1) is 0 Å². The van der Waals surface area contributed by atoms with E-state index in [2.05, 4.69) is 13.8 Å². The number of hydrogen-bond donors (Lipinski definition) is 0. The van der Waals surface area contributed by atoms with Crippen LogP contribution >= 0.6 is 0 Å². The predicted molar refractivity (Wildman–Crippen MR) is 85.6 cm³/mol. The Morgan fingerprint density at radius 3 is 2.22 bits per heavy atom. The molecule has 2 fully saturated rings. The molecule has 2 aliphatic heterocycles. The van der Waals surface area contributed by atoms with Gasteiger partial charge in [0.2, 0.25) is 11.8 Å². The van der Waals surface area contributed by atoms with Gasteiger partial charge in [0.15, 0.2) is 0 Å². The highest BCUT2D eigenvalue weighted by Crippen LogP contribution is 2.29. The molecule has 23 heavy (non-hydrogen) atoms. The molecule has 2 heterocycles. The van der Waals surface area contributed by atoms with E-state index in [0.717, 1.165) is 24.9 Å². The summed E-state index contributed by atoms with van der Waals surface area (Å²) in [6, 6.07) is 7.23. The topological polar surface area (TPSA) is 57.7 Å². The Hall–Kier alpha value is -2.17. The fraction of sp³-hybridized carbons (Fsp3) is 0.500. The van der Waals surface area contributed by atoms with Crippen molar-refractivity contribution in [1.29, 1.82) is 0 Å². The lowest BCUT2D eigenvalue weighted by Crippen LogP contribution is -2.42. The lowest BCUT2D eigenvalue weighted by molar-refractivity contribution is -0.139. The Balaban J connectivity index is 1.71. The molecule has 5 heteroatoms. The number of likely N-dealkylation sites (tertiary alicyclic amines) is 2. The monoisotopic (exact) mass is 314 g/mol. The first-order chi connectivity index (χ1) is 10.9. The van der Waals surface area contributed by atoms with Gasteiger partial charge in [0.05, 0.1) is 6.54 Å². The maximum absolute atomic E-state index is 12.6. The summed E-state index contributed by atoms with van der Waals surface area (Å²) in [5, 5.41) is 0. The van der Waals surface area contributed by atoms with Gasteiger partial charge in [-0.2, -0.15) is 0 Å². The lowest BCUT2D eigenvalue weighted by Gasteiger charge is -2.31. The molecular formula is C18H22N2O3. The third kappa shape index (κ3) is 3.00. The Morgan fingerprint density at radius 1 is 1.09 bits per heavy atom. The molecule has 0 radical (unpaired) electrons. The van der Waals surface area contributed by atoms with Crippen molar-refractivity contribution < 1.29 is 14.4 Å². The van der Waals surface area contributed by atoms with E-state index in [1.807, 2.05) is 17.0 Å². The first-order valence-corrected chi connectivity index (χ1v) is 8.12. The van der Waals surface area contributed by atoms with E-state index in [-0.39, 0.29) is 23.3 Å². The van der Waals surface area contributed by atoms with Crippen LogP contribution in [-0.4, -0.2) is 39.6 Å². The molecule has 2 aliphatic rings. The number of hydrogen-bond acceptors (Lipinski definition) is 3. The first-order valence-electron chi connectivity index (χ1n) is 8.12. The summed E-state index contributed by atoms with van der Waals surface area (Å²) >= 11 is 0. The molecule has 0 aromatic heterocycles. The molecule has 1 aromatic carbocycles. The molecule has 0 atom stereocenters. The largest absolute Gasteiger partial charge is 0.334 e. The van der Waals surface area contributed by atoms with Crippen molar-refractivity contribution in [3.63, 3.8) is 0 Å². The highest BCUT2D eigenvalue weighted by molar-refractivity contribution is 6.01. The van der Waals surface area contributed by atoms with E-state index in [4.69, 9.17) is 0 Å².